The van der Waals surface area contributed by atoms with Gasteiger partial charge in [-0.05, 0) is 19.3 Å². The van der Waals surface area contributed by atoms with Crippen molar-refractivity contribution in [3.63, 3.8) is 0 Å². The highest BCUT2D eigenvalue weighted by atomic mass is 16.5. The Morgan fingerprint density at radius 2 is 2.18 bits per heavy atom. The fraction of sp³-hybridized carbons (Fsp3) is 0.917. The molecule has 1 aliphatic carbocycles. The largest absolute Gasteiger partial charge is 0.409 e. The monoisotopic (exact) mass is 243 g/mol. The van der Waals surface area contributed by atoms with Gasteiger partial charge >= 0.3 is 0 Å². The number of nitrogens with two attached hydrogens (primary N) is 1. The van der Waals surface area contributed by atoms with Gasteiger partial charge in [0.1, 0.15) is 5.84 Å². The van der Waals surface area contributed by atoms with E-state index in [1.54, 1.807) is 0 Å². The second-order valence-corrected chi connectivity index (χ2v) is 4.57. The Labute approximate surface area is 104 Å². The minimum atomic E-state index is 0.308. The van der Waals surface area contributed by atoms with Gasteiger partial charge in [0.2, 0.25) is 0 Å². The number of unbranched alkanes of at least 4 members (excludes halogenated alkanes) is 1. The molecule has 100 valence electrons. The molecule has 0 bridgehead atoms. The standard InChI is InChI=1S/C12H25N3O2/c1-2-3-9-17-10-8-15(11-4-5-11)7-6-12(13)14-16/h11,16H,2-10H2,1H3,(H2,13,14). The highest BCUT2D eigenvalue weighted by Crippen LogP contribution is 2.26. The third kappa shape index (κ3) is 6.48. The fourth-order valence-electron chi connectivity index (χ4n) is 1.76. The van der Waals surface area contributed by atoms with E-state index in [4.69, 9.17) is 15.7 Å². The first-order valence-electron chi connectivity index (χ1n) is 6.56. The lowest BCUT2D eigenvalue weighted by Crippen LogP contribution is -2.33. The van der Waals surface area contributed by atoms with Crippen molar-refractivity contribution in [1.29, 1.82) is 0 Å². The van der Waals surface area contributed by atoms with Gasteiger partial charge in [0.25, 0.3) is 0 Å². The first kappa shape index (κ1) is 14.3. The summed E-state index contributed by atoms with van der Waals surface area (Å²) in [5, 5.41) is 11.5. The molecule has 0 aromatic carbocycles. The molecule has 0 spiro atoms. The summed E-state index contributed by atoms with van der Waals surface area (Å²) < 4.78 is 5.56. The number of oxime groups is 1. The van der Waals surface area contributed by atoms with Crippen LogP contribution in [0.5, 0.6) is 0 Å². The number of hydrogen-bond donors (Lipinski definition) is 2. The zero-order chi connectivity index (χ0) is 12.5. The quantitative estimate of drug-likeness (QED) is 0.200. The maximum atomic E-state index is 8.49. The van der Waals surface area contributed by atoms with E-state index >= 15 is 0 Å². The van der Waals surface area contributed by atoms with Crippen LogP contribution >= 0.6 is 0 Å². The van der Waals surface area contributed by atoms with E-state index in [1.807, 2.05) is 0 Å². The smallest absolute Gasteiger partial charge is 0.140 e. The summed E-state index contributed by atoms with van der Waals surface area (Å²) in [6.07, 6.45) is 5.47. The van der Waals surface area contributed by atoms with E-state index in [-0.39, 0.29) is 0 Å². The van der Waals surface area contributed by atoms with Gasteiger partial charge in [-0.15, -0.1) is 0 Å². The van der Waals surface area contributed by atoms with Gasteiger partial charge in [0.05, 0.1) is 6.61 Å². The minimum absolute atomic E-state index is 0.308. The average Bonchev–Trinajstić information content (AvgIpc) is 3.16. The Morgan fingerprint density at radius 1 is 1.41 bits per heavy atom. The van der Waals surface area contributed by atoms with Gasteiger partial charge in [-0.25, -0.2) is 0 Å². The van der Waals surface area contributed by atoms with E-state index in [0.717, 1.165) is 32.7 Å². The summed E-state index contributed by atoms with van der Waals surface area (Å²) in [5.74, 6) is 0.308. The van der Waals surface area contributed by atoms with Crippen LogP contribution in [0.4, 0.5) is 0 Å². The molecular weight excluding hydrogens is 218 g/mol. The lowest BCUT2D eigenvalue weighted by Gasteiger charge is -2.21. The van der Waals surface area contributed by atoms with Gasteiger partial charge in [0, 0.05) is 32.2 Å². The van der Waals surface area contributed by atoms with E-state index in [2.05, 4.69) is 17.0 Å². The predicted molar refractivity (Wildman–Crippen MR) is 68.3 cm³/mol. The molecule has 5 heteroatoms. The zero-order valence-electron chi connectivity index (χ0n) is 10.8. The highest BCUT2D eigenvalue weighted by Gasteiger charge is 2.28. The second kappa shape index (κ2) is 8.31. The van der Waals surface area contributed by atoms with Crippen molar-refractivity contribution in [3.05, 3.63) is 0 Å². The maximum Gasteiger partial charge on any atom is 0.140 e. The van der Waals surface area contributed by atoms with Crippen LogP contribution in [0.25, 0.3) is 0 Å². The maximum absolute atomic E-state index is 8.49. The Kier molecular flexibility index (Phi) is 6.96. The molecule has 0 aromatic rings. The van der Waals surface area contributed by atoms with Crippen molar-refractivity contribution in [2.45, 2.75) is 45.1 Å². The van der Waals surface area contributed by atoms with Crippen molar-refractivity contribution >= 4 is 5.84 Å². The number of amidine groups is 1. The second-order valence-electron chi connectivity index (χ2n) is 4.57. The predicted octanol–water partition coefficient (Wildman–Crippen LogP) is 1.40. The Balaban J connectivity index is 2.11. The molecule has 1 aliphatic rings. The summed E-state index contributed by atoms with van der Waals surface area (Å²) in [6.45, 7) is 5.61. The third-order valence-corrected chi connectivity index (χ3v) is 3.01. The highest BCUT2D eigenvalue weighted by molar-refractivity contribution is 5.79. The molecule has 1 saturated carbocycles. The van der Waals surface area contributed by atoms with Gasteiger partial charge in [-0.3, -0.25) is 4.90 Å². The lowest BCUT2D eigenvalue weighted by atomic mass is 10.3. The number of ether oxygens (including phenoxy) is 1. The van der Waals surface area contributed by atoms with Crippen molar-refractivity contribution in [2.75, 3.05) is 26.3 Å². The average molecular weight is 243 g/mol. The third-order valence-electron chi connectivity index (χ3n) is 3.01. The van der Waals surface area contributed by atoms with E-state index < -0.39 is 0 Å². The molecule has 0 heterocycles. The summed E-state index contributed by atoms with van der Waals surface area (Å²) in [6, 6.07) is 0.691. The van der Waals surface area contributed by atoms with Crippen LogP contribution in [0.1, 0.15) is 39.0 Å². The SMILES string of the molecule is CCCCOCCN(CCC(N)=NO)C1CC1. The molecule has 0 radical (unpaired) electrons. The van der Waals surface area contributed by atoms with Crippen LogP contribution < -0.4 is 5.73 Å². The normalized spacial score (nSPS) is 16.7. The van der Waals surface area contributed by atoms with Crippen molar-refractivity contribution in [3.8, 4) is 0 Å². The first-order valence-corrected chi connectivity index (χ1v) is 6.56. The van der Waals surface area contributed by atoms with Crippen LogP contribution in [0.15, 0.2) is 5.16 Å². The van der Waals surface area contributed by atoms with E-state index in [0.29, 0.717) is 18.3 Å². The lowest BCUT2D eigenvalue weighted by molar-refractivity contribution is 0.0997. The molecule has 3 N–H and O–H groups in total. The number of rotatable bonds is 10. The molecule has 0 aliphatic heterocycles. The Hall–Kier alpha value is -0.810. The summed E-state index contributed by atoms with van der Waals surface area (Å²) in [7, 11) is 0. The summed E-state index contributed by atoms with van der Waals surface area (Å²) in [5.41, 5.74) is 5.48. The molecule has 5 nitrogen and oxygen atoms in total. The molecule has 0 aromatic heterocycles. The van der Waals surface area contributed by atoms with Gasteiger partial charge in [-0.2, -0.15) is 0 Å². The summed E-state index contributed by atoms with van der Waals surface area (Å²) >= 11 is 0. The van der Waals surface area contributed by atoms with Crippen LogP contribution in [0.3, 0.4) is 0 Å². The van der Waals surface area contributed by atoms with Gasteiger partial charge in [-0.1, -0.05) is 18.5 Å². The molecule has 17 heavy (non-hydrogen) atoms. The van der Waals surface area contributed by atoms with Crippen molar-refractivity contribution in [2.24, 2.45) is 10.9 Å². The zero-order valence-corrected chi connectivity index (χ0v) is 10.8. The molecule has 0 saturated heterocycles. The molecule has 1 fully saturated rings. The first-order chi connectivity index (χ1) is 8.27. The minimum Gasteiger partial charge on any atom is -0.409 e. The fourth-order valence-corrected chi connectivity index (χ4v) is 1.76. The number of hydrogen-bond acceptors (Lipinski definition) is 4. The molecule has 1 rings (SSSR count). The van der Waals surface area contributed by atoms with Crippen LogP contribution in [0, 0.1) is 0 Å². The summed E-state index contributed by atoms with van der Waals surface area (Å²) in [4.78, 5) is 2.38. The van der Waals surface area contributed by atoms with Gasteiger partial charge in [0.15, 0.2) is 0 Å². The number of nitrogens with zero attached hydrogens (tertiary/aromatic N) is 2. The Morgan fingerprint density at radius 3 is 2.76 bits per heavy atom. The van der Waals surface area contributed by atoms with E-state index in [9.17, 15) is 0 Å². The Bertz CT molecular complexity index is 230. The van der Waals surface area contributed by atoms with E-state index in [1.165, 1.54) is 19.3 Å². The van der Waals surface area contributed by atoms with Crippen LogP contribution in [-0.2, 0) is 4.74 Å². The van der Waals surface area contributed by atoms with Crippen LogP contribution in [0.2, 0.25) is 0 Å². The van der Waals surface area contributed by atoms with Crippen molar-refractivity contribution in [1.82, 2.24) is 4.90 Å². The van der Waals surface area contributed by atoms with Crippen LogP contribution in [-0.4, -0.2) is 48.3 Å². The molecule has 0 atom stereocenters. The van der Waals surface area contributed by atoms with Gasteiger partial charge < -0.3 is 15.7 Å². The molecular formula is C12H25N3O2. The molecule has 0 unspecified atom stereocenters. The molecule has 0 amide bonds. The topological polar surface area (TPSA) is 71.1 Å². The van der Waals surface area contributed by atoms with Crippen molar-refractivity contribution < 1.29 is 9.94 Å².